The highest BCUT2D eigenvalue weighted by atomic mass is 32.2. The number of rotatable bonds is 5. The SMILES string of the molecule is CC(C)(C)C1CCc2nc(SCCC(=O)Nc3nccs3)c(C#N)cc2C1. The highest BCUT2D eigenvalue weighted by Gasteiger charge is 2.30. The van der Waals surface area contributed by atoms with Crippen LogP contribution in [-0.4, -0.2) is 21.6 Å². The maximum atomic E-state index is 12.0. The third-order valence-electron chi connectivity index (χ3n) is 4.94. The van der Waals surface area contributed by atoms with Gasteiger partial charge in [0.25, 0.3) is 0 Å². The van der Waals surface area contributed by atoms with Crippen LogP contribution in [0.3, 0.4) is 0 Å². The van der Waals surface area contributed by atoms with Gasteiger partial charge < -0.3 is 5.32 Å². The molecule has 0 bridgehead atoms. The zero-order chi connectivity index (χ0) is 19.4. The second-order valence-corrected chi connectivity index (χ2v) is 9.83. The van der Waals surface area contributed by atoms with E-state index < -0.39 is 0 Å². The van der Waals surface area contributed by atoms with Gasteiger partial charge in [-0.1, -0.05) is 20.8 Å². The van der Waals surface area contributed by atoms with Crippen molar-refractivity contribution in [3.8, 4) is 6.07 Å². The molecule has 0 aliphatic heterocycles. The van der Waals surface area contributed by atoms with E-state index in [1.54, 1.807) is 6.20 Å². The summed E-state index contributed by atoms with van der Waals surface area (Å²) in [6.07, 6.45) is 5.11. The number of hydrogen-bond acceptors (Lipinski definition) is 6. The number of carbonyl (C=O) groups is 1. The van der Waals surface area contributed by atoms with E-state index in [0.29, 0.717) is 28.8 Å². The summed E-state index contributed by atoms with van der Waals surface area (Å²) in [4.78, 5) is 20.8. The zero-order valence-corrected chi connectivity index (χ0v) is 17.5. The van der Waals surface area contributed by atoms with Crippen molar-refractivity contribution in [2.75, 3.05) is 11.1 Å². The van der Waals surface area contributed by atoms with Crippen molar-refractivity contribution in [1.82, 2.24) is 9.97 Å². The predicted octanol–water partition coefficient (Wildman–Crippen LogP) is 4.68. The monoisotopic (exact) mass is 400 g/mol. The summed E-state index contributed by atoms with van der Waals surface area (Å²) < 4.78 is 0. The number of nitriles is 1. The molecule has 1 atom stereocenters. The summed E-state index contributed by atoms with van der Waals surface area (Å²) >= 11 is 2.88. The van der Waals surface area contributed by atoms with Crippen molar-refractivity contribution in [2.45, 2.75) is 51.5 Å². The minimum Gasteiger partial charge on any atom is -0.302 e. The average Bonchev–Trinajstić information content (AvgIpc) is 3.12. The van der Waals surface area contributed by atoms with Gasteiger partial charge in [-0.15, -0.1) is 23.1 Å². The van der Waals surface area contributed by atoms with Gasteiger partial charge in [-0.2, -0.15) is 5.26 Å². The first kappa shape index (κ1) is 19.8. The normalized spacial score (nSPS) is 16.4. The topological polar surface area (TPSA) is 78.7 Å². The van der Waals surface area contributed by atoms with E-state index in [4.69, 9.17) is 4.98 Å². The first-order chi connectivity index (χ1) is 12.9. The van der Waals surface area contributed by atoms with Gasteiger partial charge >= 0.3 is 0 Å². The van der Waals surface area contributed by atoms with E-state index in [9.17, 15) is 10.1 Å². The Morgan fingerprint density at radius 2 is 2.30 bits per heavy atom. The average molecular weight is 401 g/mol. The minimum atomic E-state index is -0.0677. The lowest BCUT2D eigenvalue weighted by Gasteiger charge is -2.34. The van der Waals surface area contributed by atoms with Crippen LogP contribution in [0, 0.1) is 22.7 Å². The predicted molar refractivity (Wildman–Crippen MR) is 110 cm³/mol. The number of anilines is 1. The van der Waals surface area contributed by atoms with Gasteiger partial charge in [0, 0.05) is 29.4 Å². The van der Waals surface area contributed by atoms with Crippen LogP contribution in [0.25, 0.3) is 0 Å². The Labute approximate surface area is 168 Å². The van der Waals surface area contributed by atoms with Crippen molar-refractivity contribution in [3.63, 3.8) is 0 Å². The summed E-state index contributed by atoms with van der Waals surface area (Å²) in [5.41, 5.74) is 3.21. The second kappa shape index (κ2) is 8.41. The van der Waals surface area contributed by atoms with Gasteiger partial charge in [0.1, 0.15) is 11.1 Å². The fourth-order valence-corrected chi connectivity index (χ4v) is 4.74. The first-order valence-electron chi connectivity index (χ1n) is 9.12. The Bertz CT molecular complexity index is 850. The molecule has 1 aliphatic rings. The molecular weight excluding hydrogens is 376 g/mol. The van der Waals surface area contributed by atoms with Crippen LogP contribution in [0.4, 0.5) is 5.13 Å². The molecule has 5 nitrogen and oxygen atoms in total. The minimum absolute atomic E-state index is 0.0677. The Kier molecular flexibility index (Phi) is 6.18. The molecular formula is C20H24N4OS2. The number of thiazole rings is 1. The number of fused-ring (bicyclic) bond motifs is 1. The molecule has 27 heavy (non-hydrogen) atoms. The van der Waals surface area contributed by atoms with Crippen LogP contribution in [-0.2, 0) is 17.6 Å². The van der Waals surface area contributed by atoms with E-state index in [-0.39, 0.29) is 11.3 Å². The van der Waals surface area contributed by atoms with Gasteiger partial charge in [-0.05, 0) is 42.2 Å². The van der Waals surface area contributed by atoms with E-state index in [1.807, 2.05) is 11.4 Å². The Balaban J connectivity index is 1.63. The van der Waals surface area contributed by atoms with Crippen LogP contribution in [0.1, 0.15) is 50.4 Å². The maximum Gasteiger partial charge on any atom is 0.226 e. The van der Waals surface area contributed by atoms with Crippen molar-refractivity contribution in [3.05, 3.63) is 34.5 Å². The molecule has 0 spiro atoms. The van der Waals surface area contributed by atoms with Crippen LogP contribution in [0.2, 0.25) is 0 Å². The molecule has 3 rings (SSSR count). The molecule has 1 amide bonds. The molecule has 0 fully saturated rings. The summed E-state index contributed by atoms with van der Waals surface area (Å²) in [7, 11) is 0. The molecule has 2 aromatic heterocycles. The molecule has 0 radical (unpaired) electrons. The fraction of sp³-hybridized carbons (Fsp3) is 0.500. The molecule has 1 unspecified atom stereocenters. The van der Waals surface area contributed by atoms with Crippen molar-refractivity contribution in [2.24, 2.45) is 11.3 Å². The molecule has 2 heterocycles. The lowest BCUT2D eigenvalue weighted by molar-refractivity contribution is -0.115. The van der Waals surface area contributed by atoms with Crippen molar-refractivity contribution in [1.29, 1.82) is 5.26 Å². The molecule has 142 valence electrons. The summed E-state index contributed by atoms with van der Waals surface area (Å²) in [6, 6.07) is 4.29. The molecule has 2 aromatic rings. The summed E-state index contributed by atoms with van der Waals surface area (Å²) in [6.45, 7) is 6.84. The second-order valence-electron chi connectivity index (χ2n) is 7.85. The van der Waals surface area contributed by atoms with E-state index in [1.165, 1.54) is 28.7 Å². The molecule has 0 saturated heterocycles. The lowest BCUT2D eigenvalue weighted by Crippen LogP contribution is -2.27. The van der Waals surface area contributed by atoms with Gasteiger partial charge in [-0.3, -0.25) is 4.79 Å². The maximum absolute atomic E-state index is 12.0. The highest BCUT2D eigenvalue weighted by molar-refractivity contribution is 7.99. The van der Waals surface area contributed by atoms with Crippen LogP contribution < -0.4 is 5.32 Å². The smallest absolute Gasteiger partial charge is 0.226 e. The Morgan fingerprint density at radius 3 is 2.96 bits per heavy atom. The number of carbonyl (C=O) groups excluding carboxylic acids is 1. The summed E-state index contributed by atoms with van der Waals surface area (Å²) in [5.74, 6) is 1.13. The van der Waals surface area contributed by atoms with Crippen molar-refractivity contribution < 1.29 is 4.79 Å². The third-order valence-corrected chi connectivity index (χ3v) is 6.63. The number of nitrogens with zero attached hydrogens (tertiary/aromatic N) is 3. The van der Waals surface area contributed by atoms with E-state index >= 15 is 0 Å². The van der Waals surface area contributed by atoms with Gasteiger partial charge in [-0.25, -0.2) is 9.97 Å². The quantitative estimate of drug-likeness (QED) is 0.737. The number of thioether (sulfide) groups is 1. The van der Waals surface area contributed by atoms with Crippen molar-refractivity contribution >= 4 is 34.1 Å². The molecule has 0 saturated carbocycles. The number of aryl methyl sites for hydroxylation is 1. The van der Waals surface area contributed by atoms with Gasteiger partial charge in [0.15, 0.2) is 5.13 Å². The molecule has 1 aliphatic carbocycles. The number of pyridine rings is 1. The number of hydrogen-bond donors (Lipinski definition) is 1. The lowest BCUT2D eigenvalue weighted by atomic mass is 9.71. The van der Waals surface area contributed by atoms with Crippen LogP contribution in [0.5, 0.6) is 0 Å². The van der Waals surface area contributed by atoms with E-state index in [0.717, 1.165) is 30.0 Å². The van der Waals surface area contributed by atoms with Gasteiger partial charge in [0.2, 0.25) is 5.91 Å². The van der Waals surface area contributed by atoms with Gasteiger partial charge in [0.05, 0.1) is 5.56 Å². The Hall–Kier alpha value is -1.91. The summed E-state index contributed by atoms with van der Waals surface area (Å²) in [5, 5.41) is 15.5. The Morgan fingerprint density at radius 1 is 1.48 bits per heavy atom. The first-order valence-corrected chi connectivity index (χ1v) is 11.0. The number of amides is 1. The van der Waals surface area contributed by atoms with E-state index in [2.05, 4.69) is 37.1 Å². The highest BCUT2D eigenvalue weighted by Crippen LogP contribution is 2.38. The number of aromatic nitrogens is 2. The largest absolute Gasteiger partial charge is 0.302 e. The zero-order valence-electron chi connectivity index (χ0n) is 15.9. The molecule has 7 heteroatoms. The molecule has 0 aromatic carbocycles. The standard InChI is InChI=1S/C20H24N4OS2/c1-20(2,3)15-4-5-16-13(11-15)10-14(12-21)18(23-16)26-8-6-17(25)24-19-22-7-9-27-19/h7,9-10,15H,4-6,8,11H2,1-3H3,(H,22,24,25). The fourth-order valence-electron chi connectivity index (χ4n) is 3.28. The molecule has 1 N–H and O–H groups in total. The van der Waals surface area contributed by atoms with Crippen LogP contribution >= 0.6 is 23.1 Å². The van der Waals surface area contributed by atoms with Crippen LogP contribution in [0.15, 0.2) is 22.7 Å². The number of nitrogens with one attached hydrogen (secondary N) is 1. The third kappa shape index (κ3) is 5.08.